The molecule has 4 heteroatoms. The standard InChI is InChI=1S/C27H43NO3/c1-26-13-10-20(31-25(30)12-17-28-15-4-3-5-16-28)18-19(26)6-7-21-22-8-9-24(29)27(22,2)14-11-23(21)26/h19-23H,3-18H2,1-2H3. The molecule has 5 fully saturated rings. The summed E-state index contributed by atoms with van der Waals surface area (Å²) >= 11 is 0. The van der Waals surface area contributed by atoms with Gasteiger partial charge in [-0.15, -0.1) is 0 Å². The van der Waals surface area contributed by atoms with E-state index in [1.54, 1.807) is 0 Å². The topological polar surface area (TPSA) is 46.6 Å². The molecule has 0 aromatic heterocycles. The first-order chi connectivity index (χ1) is 14.9. The fraction of sp³-hybridized carbons (Fsp3) is 0.926. The van der Waals surface area contributed by atoms with Crippen LogP contribution in [-0.2, 0) is 14.3 Å². The highest BCUT2D eigenvalue weighted by atomic mass is 16.5. The molecule has 4 nitrogen and oxygen atoms in total. The number of esters is 1. The molecule has 1 heterocycles. The molecule has 4 aliphatic carbocycles. The lowest BCUT2D eigenvalue weighted by Crippen LogP contribution is -2.54. The number of ether oxygens (including phenoxy) is 1. The van der Waals surface area contributed by atoms with Gasteiger partial charge in [-0.25, -0.2) is 0 Å². The van der Waals surface area contributed by atoms with E-state index in [1.165, 1.54) is 44.9 Å². The number of fused-ring (bicyclic) bond motifs is 5. The van der Waals surface area contributed by atoms with Crippen LogP contribution in [0.2, 0.25) is 0 Å². The van der Waals surface area contributed by atoms with Crippen molar-refractivity contribution in [3.63, 3.8) is 0 Å². The molecule has 4 saturated carbocycles. The first-order valence-electron chi connectivity index (χ1n) is 13.4. The molecule has 0 N–H and O–H groups in total. The molecule has 0 spiro atoms. The Labute approximate surface area is 188 Å². The SMILES string of the molecule is CC12CCC3C(CCC4CC(OC(=O)CCN5CCCCC5)CCC43C)C1CCC2=O. The second kappa shape index (κ2) is 8.47. The summed E-state index contributed by atoms with van der Waals surface area (Å²) < 4.78 is 6.00. The molecule has 0 aromatic rings. The predicted octanol–water partition coefficient (Wildman–Crippen LogP) is 5.39. The Kier molecular flexibility index (Phi) is 5.99. The quantitative estimate of drug-likeness (QED) is 0.563. The Morgan fingerprint density at radius 3 is 2.61 bits per heavy atom. The Bertz CT molecular complexity index is 701. The molecular formula is C27H43NO3. The van der Waals surface area contributed by atoms with E-state index in [4.69, 9.17) is 4.74 Å². The minimum absolute atomic E-state index is 0.0192. The average molecular weight is 430 g/mol. The van der Waals surface area contributed by atoms with Gasteiger partial charge in [0.25, 0.3) is 0 Å². The van der Waals surface area contributed by atoms with Crippen molar-refractivity contribution in [2.24, 2.45) is 34.5 Å². The highest BCUT2D eigenvalue weighted by Crippen LogP contribution is 2.65. The molecule has 7 atom stereocenters. The van der Waals surface area contributed by atoms with Gasteiger partial charge in [0.05, 0.1) is 6.42 Å². The lowest BCUT2D eigenvalue weighted by molar-refractivity contribution is -0.162. The Morgan fingerprint density at radius 2 is 1.81 bits per heavy atom. The van der Waals surface area contributed by atoms with E-state index in [0.29, 0.717) is 29.5 Å². The van der Waals surface area contributed by atoms with Crippen LogP contribution in [0.3, 0.4) is 0 Å². The lowest BCUT2D eigenvalue weighted by atomic mass is 9.45. The Morgan fingerprint density at radius 1 is 1.00 bits per heavy atom. The molecular weight excluding hydrogens is 386 g/mol. The van der Waals surface area contributed by atoms with Gasteiger partial charge in [0.2, 0.25) is 0 Å². The van der Waals surface area contributed by atoms with Crippen molar-refractivity contribution < 1.29 is 14.3 Å². The van der Waals surface area contributed by atoms with E-state index in [9.17, 15) is 9.59 Å². The van der Waals surface area contributed by atoms with Gasteiger partial charge in [-0.2, -0.15) is 0 Å². The number of hydrogen-bond acceptors (Lipinski definition) is 4. The second-order valence-electron chi connectivity index (χ2n) is 12.1. The summed E-state index contributed by atoms with van der Waals surface area (Å²) in [5, 5.41) is 0. The van der Waals surface area contributed by atoms with Gasteiger partial charge in [-0.3, -0.25) is 9.59 Å². The molecule has 0 bridgehead atoms. The largest absolute Gasteiger partial charge is 0.462 e. The van der Waals surface area contributed by atoms with Gasteiger partial charge >= 0.3 is 5.97 Å². The molecule has 1 aliphatic heterocycles. The van der Waals surface area contributed by atoms with Crippen molar-refractivity contribution in [2.75, 3.05) is 19.6 Å². The summed E-state index contributed by atoms with van der Waals surface area (Å²) in [6.07, 6.45) is 14.7. The third kappa shape index (κ3) is 3.89. The number of nitrogens with zero attached hydrogens (tertiary/aromatic N) is 1. The van der Waals surface area contributed by atoms with E-state index >= 15 is 0 Å². The number of carbonyl (C=O) groups excluding carboxylic acids is 2. The van der Waals surface area contributed by atoms with Gasteiger partial charge in [-0.1, -0.05) is 20.3 Å². The number of hydrogen-bond donors (Lipinski definition) is 0. The van der Waals surface area contributed by atoms with Crippen LogP contribution in [0, 0.1) is 34.5 Å². The minimum Gasteiger partial charge on any atom is -0.462 e. The number of carbonyl (C=O) groups is 2. The van der Waals surface area contributed by atoms with Gasteiger partial charge in [0, 0.05) is 18.4 Å². The average Bonchev–Trinajstić information content (AvgIpc) is 3.08. The zero-order valence-electron chi connectivity index (χ0n) is 19.9. The number of likely N-dealkylation sites (tertiary alicyclic amines) is 1. The molecule has 1 saturated heterocycles. The van der Waals surface area contributed by atoms with E-state index in [-0.39, 0.29) is 17.5 Å². The van der Waals surface area contributed by atoms with E-state index in [0.717, 1.165) is 63.6 Å². The van der Waals surface area contributed by atoms with Crippen molar-refractivity contribution >= 4 is 11.8 Å². The number of rotatable bonds is 4. The first-order valence-corrected chi connectivity index (χ1v) is 13.4. The second-order valence-corrected chi connectivity index (χ2v) is 12.1. The highest BCUT2D eigenvalue weighted by molar-refractivity contribution is 5.87. The fourth-order valence-corrected chi connectivity index (χ4v) is 8.77. The van der Waals surface area contributed by atoms with Crippen LogP contribution in [0.1, 0.15) is 97.3 Å². The van der Waals surface area contributed by atoms with Crippen molar-refractivity contribution in [1.29, 1.82) is 0 Å². The summed E-state index contributed by atoms with van der Waals surface area (Å²) in [6.45, 7) is 7.98. The monoisotopic (exact) mass is 429 g/mol. The summed E-state index contributed by atoms with van der Waals surface area (Å²) in [5.74, 6) is 3.39. The minimum atomic E-state index is -0.0224. The summed E-state index contributed by atoms with van der Waals surface area (Å²) in [6, 6.07) is 0. The van der Waals surface area contributed by atoms with Crippen LogP contribution < -0.4 is 0 Å². The normalized spacial score (nSPS) is 45.5. The summed E-state index contributed by atoms with van der Waals surface area (Å²) in [7, 11) is 0. The van der Waals surface area contributed by atoms with Gasteiger partial charge in [0.1, 0.15) is 11.9 Å². The maximum Gasteiger partial charge on any atom is 0.307 e. The third-order valence-electron chi connectivity index (χ3n) is 10.7. The molecule has 0 amide bonds. The Balaban J connectivity index is 1.17. The number of ketones is 1. The van der Waals surface area contributed by atoms with Crippen molar-refractivity contribution in [1.82, 2.24) is 4.90 Å². The van der Waals surface area contributed by atoms with Crippen LogP contribution in [-0.4, -0.2) is 42.4 Å². The van der Waals surface area contributed by atoms with Crippen LogP contribution in [0.4, 0.5) is 0 Å². The zero-order chi connectivity index (χ0) is 21.6. The van der Waals surface area contributed by atoms with E-state index in [2.05, 4.69) is 18.7 Å². The number of Topliss-reactive ketones (excluding diaryl/α,β-unsaturated/α-hetero) is 1. The predicted molar refractivity (Wildman–Crippen MR) is 122 cm³/mol. The van der Waals surface area contributed by atoms with E-state index in [1.807, 2.05) is 0 Å². The van der Waals surface area contributed by atoms with Crippen LogP contribution in [0.25, 0.3) is 0 Å². The van der Waals surface area contributed by atoms with Crippen molar-refractivity contribution in [2.45, 2.75) is 103 Å². The first kappa shape index (κ1) is 21.9. The van der Waals surface area contributed by atoms with Gasteiger partial charge in [-0.05, 0) is 106 Å². The van der Waals surface area contributed by atoms with Crippen LogP contribution in [0.5, 0.6) is 0 Å². The van der Waals surface area contributed by atoms with E-state index < -0.39 is 0 Å². The molecule has 7 unspecified atom stereocenters. The van der Waals surface area contributed by atoms with Crippen LogP contribution in [0.15, 0.2) is 0 Å². The molecule has 0 radical (unpaired) electrons. The van der Waals surface area contributed by atoms with Gasteiger partial charge < -0.3 is 9.64 Å². The highest BCUT2D eigenvalue weighted by Gasteiger charge is 2.60. The van der Waals surface area contributed by atoms with Crippen molar-refractivity contribution in [3.05, 3.63) is 0 Å². The smallest absolute Gasteiger partial charge is 0.307 e. The molecule has 5 rings (SSSR count). The Hall–Kier alpha value is -0.900. The summed E-state index contributed by atoms with van der Waals surface area (Å²) in [5.41, 5.74) is 0.359. The molecule has 5 aliphatic rings. The third-order valence-corrected chi connectivity index (χ3v) is 10.7. The van der Waals surface area contributed by atoms with Gasteiger partial charge in [0.15, 0.2) is 0 Å². The van der Waals surface area contributed by atoms with Crippen LogP contribution >= 0.6 is 0 Å². The fourth-order valence-electron chi connectivity index (χ4n) is 8.77. The molecule has 0 aromatic carbocycles. The maximum atomic E-state index is 12.6. The lowest BCUT2D eigenvalue weighted by Gasteiger charge is -2.60. The molecule has 174 valence electrons. The summed E-state index contributed by atoms with van der Waals surface area (Å²) in [4.78, 5) is 27.6. The van der Waals surface area contributed by atoms with Crippen molar-refractivity contribution in [3.8, 4) is 0 Å². The molecule has 31 heavy (non-hydrogen) atoms. The number of piperidine rings is 1. The maximum absolute atomic E-state index is 12.6. The zero-order valence-corrected chi connectivity index (χ0v) is 19.9.